The molecule has 5 nitrogen and oxygen atoms in total. The number of nitrogens with two attached hydrogens (primary N) is 1. The maximum absolute atomic E-state index is 12.0. The molecule has 3 N–H and O–H groups in total. The molecule has 0 aliphatic carbocycles. The minimum atomic E-state index is -0.144. The lowest BCUT2D eigenvalue weighted by Gasteiger charge is -2.15. The molecule has 2 rings (SSSR count). The summed E-state index contributed by atoms with van der Waals surface area (Å²) in [4.78, 5) is 13.8. The first-order chi connectivity index (χ1) is 9.94. The number of rotatable bonds is 5. The van der Waals surface area contributed by atoms with E-state index in [2.05, 4.69) is 5.32 Å². The van der Waals surface area contributed by atoms with E-state index in [1.54, 1.807) is 18.2 Å². The van der Waals surface area contributed by atoms with Gasteiger partial charge in [0, 0.05) is 5.02 Å². The van der Waals surface area contributed by atoms with Crippen LogP contribution in [0.25, 0.3) is 0 Å². The number of carbonyl (C=O) groups is 1. The van der Waals surface area contributed by atoms with E-state index in [9.17, 15) is 4.79 Å². The number of nitrogen functional groups attached to an aromatic ring is 1. The maximum Gasteiger partial charge on any atom is 0.238 e. The fourth-order valence-corrected chi connectivity index (χ4v) is 2.15. The zero-order chi connectivity index (χ0) is 15.4. The molecule has 0 aliphatic rings. The number of benzene rings is 1. The van der Waals surface area contributed by atoms with Crippen molar-refractivity contribution in [1.82, 2.24) is 4.90 Å². The van der Waals surface area contributed by atoms with Gasteiger partial charge in [0.05, 0.1) is 24.5 Å². The summed E-state index contributed by atoms with van der Waals surface area (Å²) in [6.45, 7) is 2.69. The molecule has 1 amide bonds. The van der Waals surface area contributed by atoms with E-state index in [-0.39, 0.29) is 12.5 Å². The number of anilines is 2. The number of furan rings is 1. The topological polar surface area (TPSA) is 71.5 Å². The molecule has 112 valence electrons. The van der Waals surface area contributed by atoms with Crippen LogP contribution in [0.15, 0.2) is 34.7 Å². The van der Waals surface area contributed by atoms with E-state index in [0.29, 0.717) is 22.9 Å². The molecule has 0 aliphatic heterocycles. The summed E-state index contributed by atoms with van der Waals surface area (Å²) >= 11 is 5.82. The van der Waals surface area contributed by atoms with Crippen molar-refractivity contribution in [2.24, 2.45) is 0 Å². The van der Waals surface area contributed by atoms with E-state index in [1.807, 2.05) is 31.0 Å². The number of likely N-dealkylation sites (N-methyl/N-ethyl adjacent to an activating group) is 1. The van der Waals surface area contributed by atoms with Gasteiger partial charge in [-0.25, -0.2) is 0 Å². The zero-order valence-corrected chi connectivity index (χ0v) is 12.8. The van der Waals surface area contributed by atoms with Crippen LogP contribution in [0.1, 0.15) is 11.5 Å². The first kappa shape index (κ1) is 15.4. The molecule has 1 aromatic heterocycles. The van der Waals surface area contributed by atoms with Gasteiger partial charge in [0.15, 0.2) is 0 Å². The maximum atomic E-state index is 12.0. The van der Waals surface area contributed by atoms with Gasteiger partial charge < -0.3 is 15.5 Å². The van der Waals surface area contributed by atoms with Gasteiger partial charge in [-0.1, -0.05) is 11.6 Å². The number of hydrogen-bond donors (Lipinski definition) is 2. The monoisotopic (exact) mass is 307 g/mol. The van der Waals surface area contributed by atoms with Crippen molar-refractivity contribution in [2.75, 3.05) is 24.6 Å². The summed E-state index contributed by atoms with van der Waals surface area (Å²) in [6.07, 6.45) is 0. The summed E-state index contributed by atoms with van der Waals surface area (Å²) in [7, 11) is 1.85. The Hall–Kier alpha value is -1.98. The molecule has 6 heteroatoms. The number of carbonyl (C=O) groups excluding carboxylic acids is 1. The van der Waals surface area contributed by atoms with Crippen molar-refractivity contribution in [1.29, 1.82) is 0 Å². The first-order valence-electron chi connectivity index (χ1n) is 6.53. The lowest BCUT2D eigenvalue weighted by molar-refractivity contribution is -0.117. The number of amides is 1. The smallest absolute Gasteiger partial charge is 0.238 e. The third kappa shape index (κ3) is 4.51. The summed E-state index contributed by atoms with van der Waals surface area (Å²) in [5.41, 5.74) is 6.81. The predicted octanol–water partition coefficient (Wildman–Crippen LogP) is 2.89. The molecule has 0 radical (unpaired) electrons. The molecule has 0 saturated carbocycles. The lowest BCUT2D eigenvalue weighted by Crippen LogP contribution is -2.29. The van der Waals surface area contributed by atoms with E-state index in [0.717, 1.165) is 11.5 Å². The Morgan fingerprint density at radius 1 is 1.38 bits per heavy atom. The van der Waals surface area contributed by atoms with Crippen molar-refractivity contribution in [2.45, 2.75) is 13.5 Å². The van der Waals surface area contributed by atoms with Crippen LogP contribution in [0.2, 0.25) is 5.02 Å². The predicted molar refractivity (Wildman–Crippen MR) is 84.3 cm³/mol. The molecule has 1 heterocycles. The number of aryl methyl sites for hydroxylation is 1. The highest BCUT2D eigenvalue weighted by molar-refractivity contribution is 6.31. The van der Waals surface area contributed by atoms with Crippen LogP contribution in [0, 0.1) is 6.92 Å². The van der Waals surface area contributed by atoms with Crippen LogP contribution in [-0.4, -0.2) is 24.4 Å². The van der Waals surface area contributed by atoms with Crippen molar-refractivity contribution in [3.05, 3.63) is 46.9 Å². The van der Waals surface area contributed by atoms with Crippen molar-refractivity contribution in [3.8, 4) is 0 Å². The van der Waals surface area contributed by atoms with E-state index in [4.69, 9.17) is 21.8 Å². The highest BCUT2D eigenvalue weighted by Crippen LogP contribution is 2.22. The quantitative estimate of drug-likeness (QED) is 0.833. The van der Waals surface area contributed by atoms with E-state index in [1.165, 1.54) is 0 Å². The molecule has 0 atom stereocenters. The molecule has 2 aromatic rings. The molecular weight excluding hydrogens is 290 g/mol. The standard InChI is InChI=1S/C15H18ClN3O2/c1-10-3-5-12(21-10)8-19(2)9-15(20)18-14-6-4-11(16)7-13(14)17/h3-7H,8-9,17H2,1-2H3,(H,18,20). The minimum absolute atomic E-state index is 0.144. The Bertz CT molecular complexity index is 640. The van der Waals surface area contributed by atoms with Crippen LogP contribution in [0.4, 0.5) is 11.4 Å². The van der Waals surface area contributed by atoms with Gasteiger partial charge in [0.2, 0.25) is 5.91 Å². The summed E-state index contributed by atoms with van der Waals surface area (Å²) in [6, 6.07) is 8.78. The molecule has 0 fully saturated rings. The molecule has 0 unspecified atom stereocenters. The Kier molecular flexibility index (Phi) is 4.88. The van der Waals surface area contributed by atoms with Gasteiger partial charge in [-0.05, 0) is 44.3 Å². The molecule has 0 saturated heterocycles. The summed E-state index contributed by atoms with van der Waals surface area (Å²) in [5, 5.41) is 3.30. The second-order valence-electron chi connectivity index (χ2n) is 4.96. The summed E-state index contributed by atoms with van der Waals surface area (Å²) in [5.74, 6) is 1.54. The number of nitrogens with one attached hydrogen (secondary N) is 1. The van der Waals surface area contributed by atoms with Gasteiger partial charge >= 0.3 is 0 Å². The van der Waals surface area contributed by atoms with Gasteiger partial charge in [0.25, 0.3) is 0 Å². The second kappa shape index (κ2) is 6.65. The average Bonchev–Trinajstić information content (AvgIpc) is 2.78. The van der Waals surface area contributed by atoms with Gasteiger partial charge in [0.1, 0.15) is 11.5 Å². The lowest BCUT2D eigenvalue weighted by atomic mass is 10.2. The van der Waals surface area contributed by atoms with E-state index < -0.39 is 0 Å². The Morgan fingerprint density at radius 2 is 2.14 bits per heavy atom. The third-order valence-corrected chi connectivity index (χ3v) is 3.16. The Morgan fingerprint density at radius 3 is 2.76 bits per heavy atom. The minimum Gasteiger partial charge on any atom is -0.465 e. The van der Waals surface area contributed by atoms with Crippen LogP contribution in [0.3, 0.4) is 0 Å². The van der Waals surface area contributed by atoms with Crippen LogP contribution in [-0.2, 0) is 11.3 Å². The SMILES string of the molecule is Cc1ccc(CN(C)CC(=O)Nc2ccc(Cl)cc2N)o1. The number of hydrogen-bond acceptors (Lipinski definition) is 4. The summed E-state index contributed by atoms with van der Waals surface area (Å²) < 4.78 is 5.48. The number of nitrogens with zero attached hydrogens (tertiary/aromatic N) is 1. The molecule has 0 bridgehead atoms. The molecule has 21 heavy (non-hydrogen) atoms. The highest BCUT2D eigenvalue weighted by atomic mass is 35.5. The van der Waals surface area contributed by atoms with Crippen LogP contribution < -0.4 is 11.1 Å². The molecule has 1 aromatic carbocycles. The molecular formula is C15H18ClN3O2. The fraction of sp³-hybridized carbons (Fsp3) is 0.267. The van der Waals surface area contributed by atoms with Crippen LogP contribution >= 0.6 is 11.6 Å². The van der Waals surface area contributed by atoms with Crippen molar-refractivity contribution < 1.29 is 9.21 Å². The normalized spacial score (nSPS) is 10.9. The van der Waals surface area contributed by atoms with E-state index >= 15 is 0 Å². The average molecular weight is 308 g/mol. The van der Waals surface area contributed by atoms with Crippen molar-refractivity contribution >= 4 is 28.9 Å². The van der Waals surface area contributed by atoms with Gasteiger partial charge in [-0.3, -0.25) is 9.69 Å². The fourth-order valence-electron chi connectivity index (χ4n) is 1.97. The Balaban J connectivity index is 1.89. The second-order valence-corrected chi connectivity index (χ2v) is 5.40. The zero-order valence-electron chi connectivity index (χ0n) is 12.0. The largest absolute Gasteiger partial charge is 0.465 e. The third-order valence-electron chi connectivity index (χ3n) is 2.92. The highest BCUT2D eigenvalue weighted by Gasteiger charge is 2.10. The van der Waals surface area contributed by atoms with Gasteiger partial charge in [-0.15, -0.1) is 0 Å². The van der Waals surface area contributed by atoms with Crippen LogP contribution in [0.5, 0.6) is 0 Å². The molecule has 0 spiro atoms. The van der Waals surface area contributed by atoms with Gasteiger partial charge in [-0.2, -0.15) is 0 Å². The number of halogens is 1. The Labute approximate surface area is 128 Å². The first-order valence-corrected chi connectivity index (χ1v) is 6.90. The van der Waals surface area contributed by atoms with Crippen molar-refractivity contribution in [3.63, 3.8) is 0 Å².